The zero-order valence-electron chi connectivity index (χ0n) is 13.5. The molecule has 0 saturated heterocycles. The van der Waals surface area contributed by atoms with Crippen LogP contribution in [0.2, 0.25) is 0 Å². The summed E-state index contributed by atoms with van der Waals surface area (Å²) in [5.74, 6) is 0.692. The molecule has 3 N–H and O–H groups in total. The number of pyridine rings is 1. The van der Waals surface area contributed by atoms with Crippen LogP contribution in [0.15, 0.2) is 24.3 Å². The Labute approximate surface area is 150 Å². The van der Waals surface area contributed by atoms with E-state index in [4.69, 9.17) is 15.2 Å². The normalized spacial score (nSPS) is 12.8. The molecule has 9 heteroatoms. The third-order valence-electron chi connectivity index (χ3n) is 3.98. The lowest BCUT2D eigenvalue weighted by atomic mass is 10.1. The summed E-state index contributed by atoms with van der Waals surface area (Å²) >= 11 is 0.985. The second-order valence-electron chi connectivity index (χ2n) is 5.71. The van der Waals surface area contributed by atoms with E-state index >= 15 is 0 Å². The number of amides is 1. The number of carbonyl (C=O) groups is 1. The van der Waals surface area contributed by atoms with Gasteiger partial charge in [-0.1, -0.05) is 0 Å². The van der Waals surface area contributed by atoms with Crippen LogP contribution in [-0.2, 0) is 0 Å². The maximum Gasteiger partial charge on any atom is 0.280 e. The molecular formula is C17H13F2N3O3S. The van der Waals surface area contributed by atoms with Gasteiger partial charge in [0.1, 0.15) is 15.4 Å². The number of rotatable bonds is 3. The highest BCUT2D eigenvalue weighted by Gasteiger charge is 2.22. The van der Waals surface area contributed by atoms with E-state index in [1.807, 2.05) is 0 Å². The molecule has 2 aromatic heterocycles. The van der Waals surface area contributed by atoms with Gasteiger partial charge < -0.3 is 20.5 Å². The van der Waals surface area contributed by atoms with Gasteiger partial charge in [0, 0.05) is 17.1 Å². The van der Waals surface area contributed by atoms with Gasteiger partial charge >= 0.3 is 0 Å². The molecule has 0 spiro atoms. The SMILES string of the molecule is Cc1cc(C(F)F)nc2sc(C(=O)Nc3ccc4c(c3)OCO4)c(N)c12. The van der Waals surface area contributed by atoms with Gasteiger partial charge in [-0.15, -0.1) is 11.3 Å². The van der Waals surface area contributed by atoms with Gasteiger partial charge in [-0.2, -0.15) is 0 Å². The van der Waals surface area contributed by atoms with Gasteiger partial charge in [0.05, 0.1) is 5.69 Å². The summed E-state index contributed by atoms with van der Waals surface area (Å²) in [7, 11) is 0. The Kier molecular flexibility index (Phi) is 3.87. The van der Waals surface area contributed by atoms with Crippen LogP contribution in [0, 0.1) is 6.92 Å². The highest BCUT2D eigenvalue weighted by Crippen LogP contribution is 2.38. The second kappa shape index (κ2) is 6.10. The van der Waals surface area contributed by atoms with Crippen molar-refractivity contribution in [2.45, 2.75) is 13.3 Å². The van der Waals surface area contributed by atoms with E-state index in [0.29, 0.717) is 33.0 Å². The first-order chi connectivity index (χ1) is 12.4. The number of alkyl halides is 2. The lowest BCUT2D eigenvalue weighted by Crippen LogP contribution is -2.11. The van der Waals surface area contributed by atoms with Crippen molar-refractivity contribution in [3.8, 4) is 11.5 Å². The molecule has 1 aliphatic heterocycles. The quantitative estimate of drug-likeness (QED) is 0.717. The molecule has 26 heavy (non-hydrogen) atoms. The standard InChI is InChI=1S/C17H13F2N3O3S/c1-7-4-9(15(18)19)22-17-12(7)13(20)14(26-17)16(23)21-8-2-3-10-11(5-8)25-6-24-10/h2-5,15H,6,20H2,1H3,(H,21,23). The van der Waals surface area contributed by atoms with Crippen LogP contribution < -0.4 is 20.5 Å². The Morgan fingerprint density at radius 2 is 2.08 bits per heavy atom. The van der Waals surface area contributed by atoms with Gasteiger partial charge in [0.2, 0.25) is 6.79 Å². The van der Waals surface area contributed by atoms with E-state index in [-0.39, 0.29) is 23.1 Å². The molecule has 0 atom stereocenters. The van der Waals surface area contributed by atoms with E-state index in [1.54, 1.807) is 25.1 Å². The highest BCUT2D eigenvalue weighted by molar-refractivity contribution is 7.21. The summed E-state index contributed by atoms with van der Waals surface area (Å²) in [5.41, 5.74) is 7.05. The zero-order chi connectivity index (χ0) is 18.4. The van der Waals surface area contributed by atoms with Gasteiger partial charge in [-0.25, -0.2) is 13.8 Å². The van der Waals surface area contributed by atoms with Crippen molar-refractivity contribution in [1.82, 2.24) is 4.98 Å². The Morgan fingerprint density at radius 1 is 1.31 bits per heavy atom. The van der Waals surface area contributed by atoms with E-state index in [9.17, 15) is 13.6 Å². The monoisotopic (exact) mass is 377 g/mol. The highest BCUT2D eigenvalue weighted by atomic mass is 32.1. The number of aromatic nitrogens is 1. The smallest absolute Gasteiger partial charge is 0.280 e. The third kappa shape index (κ3) is 2.70. The maximum atomic E-state index is 12.9. The molecule has 1 amide bonds. The molecule has 0 radical (unpaired) electrons. The van der Waals surface area contributed by atoms with Crippen molar-refractivity contribution < 1.29 is 23.0 Å². The molecule has 0 aliphatic carbocycles. The van der Waals surface area contributed by atoms with Crippen molar-refractivity contribution in [3.63, 3.8) is 0 Å². The van der Waals surface area contributed by atoms with Gasteiger partial charge in [0.15, 0.2) is 11.5 Å². The largest absolute Gasteiger partial charge is 0.454 e. The minimum atomic E-state index is -2.69. The molecule has 1 aromatic carbocycles. The van der Waals surface area contributed by atoms with E-state index < -0.39 is 12.3 Å². The first-order valence-corrected chi connectivity index (χ1v) is 8.44. The van der Waals surface area contributed by atoms with E-state index in [0.717, 1.165) is 11.3 Å². The number of fused-ring (bicyclic) bond motifs is 2. The Bertz CT molecular complexity index is 1040. The van der Waals surface area contributed by atoms with Crippen molar-refractivity contribution in [2.75, 3.05) is 17.8 Å². The summed E-state index contributed by atoms with van der Waals surface area (Å²) in [6.45, 7) is 1.80. The van der Waals surface area contributed by atoms with Crippen LogP contribution in [0.1, 0.15) is 27.4 Å². The number of anilines is 2. The number of nitrogens with zero attached hydrogens (tertiary/aromatic N) is 1. The number of nitrogens with two attached hydrogens (primary N) is 1. The molecule has 0 saturated carbocycles. The van der Waals surface area contributed by atoms with Crippen LogP contribution in [-0.4, -0.2) is 17.7 Å². The van der Waals surface area contributed by atoms with Gasteiger partial charge in [-0.3, -0.25) is 4.79 Å². The lowest BCUT2D eigenvalue weighted by Gasteiger charge is -2.05. The van der Waals surface area contributed by atoms with Crippen LogP contribution >= 0.6 is 11.3 Å². The Morgan fingerprint density at radius 3 is 2.85 bits per heavy atom. The third-order valence-corrected chi connectivity index (χ3v) is 5.07. The molecular weight excluding hydrogens is 364 g/mol. The van der Waals surface area contributed by atoms with Crippen LogP contribution in [0.5, 0.6) is 11.5 Å². The fraction of sp³-hybridized carbons (Fsp3) is 0.176. The Balaban J connectivity index is 1.68. The number of carbonyl (C=O) groups excluding carboxylic acids is 1. The van der Waals surface area contributed by atoms with Crippen LogP contribution in [0.3, 0.4) is 0 Å². The zero-order valence-corrected chi connectivity index (χ0v) is 14.3. The molecule has 0 unspecified atom stereocenters. The minimum absolute atomic E-state index is 0.132. The number of nitrogens with one attached hydrogen (secondary N) is 1. The number of benzene rings is 1. The molecule has 6 nitrogen and oxygen atoms in total. The Hall–Kier alpha value is -2.94. The summed E-state index contributed by atoms with van der Waals surface area (Å²) < 4.78 is 36.4. The second-order valence-corrected chi connectivity index (χ2v) is 6.71. The van der Waals surface area contributed by atoms with Crippen molar-refractivity contribution >= 4 is 38.8 Å². The van der Waals surface area contributed by atoms with Crippen LogP contribution in [0.4, 0.5) is 20.2 Å². The molecule has 4 rings (SSSR count). The van der Waals surface area contributed by atoms with Crippen LogP contribution in [0.25, 0.3) is 10.2 Å². The van der Waals surface area contributed by atoms with Crippen molar-refractivity contribution in [1.29, 1.82) is 0 Å². The molecule has 3 heterocycles. The maximum absolute atomic E-state index is 12.9. The molecule has 0 bridgehead atoms. The number of halogens is 2. The summed E-state index contributed by atoms with van der Waals surface area (Å²) in [4.78, 5) is 17.1. The van der Waals surface area contributed by atoms with E-state index in [2.05, 4.69) is 10.3 Å². The summed E-state index contributed by atoms with van der Waals surface area (Å²) in [6, 6.07) is 6.29. The lowest BCUT2D eigenvalue weighted by molar-refractivity contribution is 0.103. The first kappa shape index (κ1) is 16.5. The predicted molar refractivity (Wildman–Crippen MR) is 94.2 cm³/mol. The van der Waals surface area contributed by atoms with Crippen molar-refractivity contribution in [2.24, 2.45) is 0 Å². The number of thiophene rings is 1. The van der Waals surface area contributed by atoms with Gasteiger partial charge in [-0.05, 0) is 30.7 Å². The molecule has 3 aromatic rings. The summed E-state index contributed by atoms with van der Waals surface area (Å²) in [5, 5.41) is 3.25. The van der Waals surface area contributed by atoms with Crippen molar-refractivity contribution in [3.05, 3.63) is 40.4 Å². The number of hydrogen-bond acceptors (Lipinski definition) is 6. The average Bonchev–Trinajstić information content (AvgIpc) is 3.18. The predicted octanol–water partition coefficient (Wildman–Crippen LogP) is 4.11. The number of hydrogen-bond donors (Lipinski definition) is 2. The summed E-state index contributed by atoms with van der Waals surface area (Å²) in [6.07, 6.45) is -2.69. The molecule has 1 aliphatic rings. The first-order valence-electron chi connectivity index (χ1n) is 7.62. The number of aryl methyl sites for hydroxylation is 1. The average molecular weight is 377 g/mol. The number of nitrogen functional groups attached to an aromatic ring is 1. The van der Waals surface area contributed by atoms with Gasteiger partial charge in [0.25, 0.3) is 12.3 Å². The number of ether oxygens (including phenoxy) is 2. The molecule has 134 valence electrons. The fourth-order valence-electron chi connectivity index (χ4n) is 2.78. The molecule has 0 fully saturated rings. The van der Waals surface area contributed by atoms with E-state index in [1.165, 1.54) is 6.07 Å². The topological polar surface area (TPSA) is 86.5 Å². The minimum Gasteiger partial charge on any atom is -0.454 e. The fourth-order valence-corrected chi connectivity index (χ4v) is 3.85.